The molecular formula is C22H24N4O2. The molecule has 144 valence electrons. The van der Waals surface area contributed by atoms with E-state index >= 15 is 0 Å². The maximum absolute atomic E-state index is 12.1. The highest BCUT2D eigenvalue weighted by Crippen LogP contribution is 2.10. The number of anilines is 1. The minimum atomic E-state index is -0.538. The van der Waals surface area contributed by atoms with Gasteiger partial charge in [0, 0.05) is 37.1 Å². The molecule has 0 aliphatic rings. The van der Waals surface area contributed by atoms with Gasteiger partial charge in [-0.25, -0.2) is 9.97 Å². The first-order valence-corrected chi connectivity index (χ1v) is 9.30. The summed E-state index contributed by atoms with van der Waals surface area (Å²) in [6.45, 7) is 1.15. The summed E-state index contributed by atoms with van der Waals surface area (Å²) in [4.78, 5) is 20.8. The monoisotopic (exact) mass is 376 g/mol. The molecule has 0 saturated carbocycles. The van der Waals surface area contributed by atoms with E-state index in [1.54, 1.807) is 6.20 Å². The quantitative estimate of drug-likeness (QED) is 0.500. The molecule has 3 rings (SSSR count). The van der Waals surface area contributed by atoms with Crippen molar-refractivity contribution in [3.63, 3.8) is 0 Å². The lowest BCUT2D eigenvalue weighted by Gasteiger charge is -2.12. The van der Waals surface area contributed by atoms with Gasteiger partial charge >= 0.3 is 0 Å². The zero-order chi connectivity index (χ0) is 19.6. The number of carbonyl (C=O) groups excluding carboxylic acids is 1. The third-order valence-electron chi connectivity index (χ3n) is 4.22. The summed E-state index contributed by atoms with van der Waals surface area (Å²) in [7, 11) is 0. The Morgan fingerprint density at radius 1 is 1.00 bits per heavy atom. The molecule has 28 heavy (non-hydrogen) atoms. The summed E-state index contributed by atoms with van der Waals surface area (Å²) < 4.78 is 0. The van der Waals surface area contributed by atoms with Gasteiger partial charge in [-0.2, -0.15) is 0 Å². The molecule has 0 aliphatic heterocycles. The zero-order valence-corrected chi connectivity index (χ0v) is 15.6. The molecule has 1 aromatic heterocycles. The van der Waals surface area contributed by atoms with E-state index < -0.39 is 6.10 Å². The van der Waals surface area contributed by atoms with Crippen molar-refractivity contribution < 1.29 is 9.90 Å². The molecule has 6 heteroatoms. The van der Waals surface area contributed by atoms with Gasteiger partial charge in [-0.3, -0.25) is 4.79 Å². The predicted octanol–water partition coefficient (Wildman–Crippen LogP) is 2.52. The van der Waals surface area contributed by atoms with E-state index in [0.717, 1.165) is 16.9 Å². The van der Waals surface area contributed by atoms with Crippen LogP contribution in [-0.2, 0) is 17.6 Å². The lowest BCUT2D eigenvalue weighted by molar-refractivity contribution is -0.115. The summed E-state index contributed by atoms with van der Waals surface area (Å²) in [5, 5.41) is 16.2. The molecule has 1 atom stereocenters. The maximum Gasteiger partial charge on any atom is 0.232 e. The van der Waals surface area contributed by atoms with Crippen LogP contribution < -0.4 is 10.6 Å². The van der Waals surface area contributed by atoms with Crippen molar-refractivity contribution in [1.82, 2.24) is 15.3 Å². The van der Waals surface area contributed by atoms with Crippen LogP contribution in [0.4, 0.5) is 5.69 Å². The summed E-state index contributed by atoms with van der Waals surface area (Å²) in [5.74, 6) is 0.350. The van der Waals surface area contributed by atoms with Crippen molar-refractivity contribution in [3.8, 4) is 0 Å². The van der Waals surface area contributed by atoms with Gasteiger partial charge in [0.15, 0.2) is 0 Å². The SMILES string of the molecule is O=C(Cc1nccc(CCNC[C@H](O)c2ccccc2)n1)Nc1ccccc1. The Hall–Kier alpha value is -3.09. The normalized spacial score (nSPS) is 11.8. The van der Waals surface area contributed by atoms with E-state index in [9.17, 15) is 9.90 Å². The number of benzene rings is 2. The van der Waals surface area contributed by atoms with Crippen molar-refractivity contribution in [2.24, 2.45) is 0 Å². The molecule has 0 saturated heterocycles. The van der Waals surface area contributed by atoms with Gasteiger partial charge in [0.2, 0.25) is 5.91 Å². The maximum atomic E-state index is 12.1. The van der Waals surface area contributed by atoms with Gasteiger partial charge in [0.1, 0.15) is 5.82 Å². The number of rotatable bonds is 9. The number of aliphatic hydroxyl groups is 1. The van der Waals surface area contributed by atoms with Crippen molar-refractivity contribution in [2.45, 2.75) is 18.9 Å². The van der Waals surface area contributed by atoms with Crippen molar-refractivity contribution in [2.75, 3.05) is 18.4 Å². The molecular weight excluding hydrogens is 352 g/mol. The van der Waals surface area contributed by atoms with E-state index in [-0.39, 0.29) is 12.3 Å². The van der Waals surface area contributed by atoms with Gasteiger partial charge < -0.3 is 15.7 Å². The van der Waals surface area contributed by atoms with Crippen LogP contribution in [0.3, 0.4) is 0 Å². The molecule has 0 radical (unpaired) electrons. The Kier molecular flexibility index (Phi) is 7.23. The lowest BCUT2D eigenvalue weighted by atomic mass is 10.1. The van der Waals surface area contributed by atoms with Gasteiger partial charge in [0.25, 0.3) is 0 Å². The second-order valence-corrected chi connectivity index (χ2v) is 6.44. The van der Waals surface area contributed by atoms with E-state index in [2.05, 4.69) is 20.6 Å². The van der Waals surface area contributed by atoms with E-state index in [1.165, 1.54) is 0 Å². The van der Waals surface area contributed by atoms with Crippen molar-refractivity contribution in [1.29, 1.82) is 0 Å². The topological polar surface area (TPSA) is 87.1 Å². The van der Waals surface area contributed by atoms with Crippen LogP contribution in [0.2, 0.25) is 0 Å². The number of carbonyl (C=O) groups is 1. The molecule has 2 aromatic carbocycles. The minimum Gasteiger partial charge on any atom is -0.387 e. The van der Waals surface area contributed by atoms with Crippen LogP contribution in [0.25, 0.3) is 0 Å². The molecule has 1 amide bonds. The summed E-state index contributed by atoms with van der Waals surface area (Å²) >= 11 is 0. The Morgan fingerprint density at radius 3 is 2.46 bits per heavy atom. The first-order chi connectivity index (χ1) is 13.7. The highest BCUT2D eigenvalue weighted by molar-refractivity contribution is 5.91. The second-order valence-electron chi connectivity index (χ2n) is 6.44. The number of nitrogens with one attached hydrogen (secondary N) is 2. The van der Waals surface area contributed by atoms with Gasteiger partial charge in [0.05, 0.1) is 12.5 Å². The molecule has 0 fully saturated rings. The summed E-state index contributed by atoms with van der Waals surface area (Å²) in [6, 6.07) is 20.7. The Labute approximate surface area is 164 Å². The van der Waals surface area contributed by atoms with Crippen LogP contribution in [0, 0.1) is 0 Å². The largest absolute Gasteiger partial charge is 0.387 e. The molecule has 0 spiro atoms. The highest BCUT2D eigenvalue weighted by atomic mass is 16.3. The number of nitrogens with zero attached hydrogens (tertiary/aromatic N) is 2. The van der Waals surface area contributed by atoms with E-state index in [4.69, 9.17) is 0 Å². The van der Waals surface area contributed by atoms with Crippen LogP contribution >= 0.6 is 0 Å². The first kappa shape index (κ1) is 19.7. The number of hydrogen-bond acceptors (Lipinski definition) is 5. The Balaban J connectivity index is 1.43. The van der Waals surface area contributed by atoms with Crippen LogP contribution in [-0.4, -0.2) is 34.1 Å². The van der Waals surface area contributed by atoms with Crippen molar-refractivity contribution in [3.05, 3.63) is 90.0 Å². The average Bonchev–Trinajstić information content (AvgIpc) is 2.72. The van der Waals surface area contributed by atoms with Gasteiger partial charge in [-0.15, -0.1) is 0 Å². The fourth-order valence-corrected chi connectivity index (χ4v) is 2.78. The molecule has 3 aromatic rings. The molecule has 0 aliphatic carbocycles. The minimum absolute atomic E-state index is 0.128. The van der Waals surface area contributed by atoms with Gasteiger partial charge in [-0.1, -0.05) is 48.5 Å². The van der Waals surface area contributed by atoms with Crippen LogP contribution in [0.1, 0.15) is 23.2 Å². The average molecular weight is 376 g/mol. The fourth-order valence-electron chi connectivity index (χ4n) is 2.78. The fraction of sp³-hybridized carbons (Fsp3) is 0.227. The third kappa shape index (κ3) is 6.26. The number of hydrogen-bond donors (Lipinski definition) is 3. The zero-order valence-electron chi connectivity index (χ0n) is 15.6. The first-order valence-electron chi connectivity index (χ1n) is 9.30. The lowest BCUT2D eigenvalue weighted by Crippen LogP contribution is -2.24. The van der Waals surface area contributed by atoms with Crippen LogP contribution in [0.5, 0.6) is 0 Å². The molecule has 1 heterocycles. The summed E-state index contributed by atoms with van der Waals surface area (Å²) in [6.07, 6.45) is 1.95. The smallest absolute Gasteiger partial charge is 0.232 e. The molecule has 0 unspecified atom stereocenters. The van der Waals surface area contributed by atoms with Gasteiger partial charge in [-0.05, 0) is 23.8 Å². The van der Waals surface area contributed by atoms with Crippen LogP contribution in [0.15, 0.2) is 72.9 Å². The standard InChI is InChI=1S/C22H24N4O2/c27-20(17-7-3-1-4-8-17)16-23-13-11-19-12-14-24-21(25-19)15-22(28)26-18-9-5-2-6-10-18/h1-10,12,14,20,23,27H,11,13,15-16H2,(H,26,28)/t20-/m0/s1. The summed E-state index contributed by atoms with van der Waals surface area (Å²) in [5.41, 5.74) is 2.51. The number of aromatic nitrogens is 2. The number of para-hydroxylation sites is 1. The number of aliphatic hydroxyl groups excluding tert-OH is 1. The highest BCUT2D eigenvalue weighted by Gasteiger charge is 2.08. The second kappa shape index (κ2) is 10.3. The molecule has 3 N–H and O–H groups in total. The van der Waals surface area contributed by atoms with E-state index in [0.29, 0.717) is 25.3 Å². The molecule has 0 bridgehead atoms. The Bertz CT molecular complexity index is 872. The van der Waals surface area contributed by atoms with E-state index in [1.807, 2.05) is 66.7 Å². The van der Waals surface area contributed by atoms with Crippen molar-refractivity contribution >= 4 is 11.6 Å². The molecule has 6 nitrogen and oxygen atoms in total. The predicted molar refractivity (Wildman–Crippen MR) is 109 cm³/mol. The number of amides is 1. The third-order valence-corrected chi connectivity index (χ3v) is 4.22. The Morgan fingerprint density at radius 2 is 1.71 bits per heavy atom.